The van der Waals surface area contributed by atoms with Gasteiger partial charge in [0.05, 0.1) is 0 Å². The van der Waals surface area contributed by atoms with E-state index in [1.165, 1.54) is 45.8 Å². The number of rotatable bonds is 0. The van der Waals surface area contributed by atoms with E-state index >= 15 is 0 Å². The Hall–Kier alpha value is 1.44. The van der Waals surface area contributed by atoms with E-state index in [0.717, 1.165) is 10.0 Å². The first-order chi connectivity index (χ1) is 3.64. The molecule has 0 N–H and O–H groups in total. The van der Waals surface area contributed by atoms with E-state index < -0.39 is 0 Å². The van der Waals surface area contributed by atoms with E-state index in [1.807, 2.05) is 0 Å². The summed E-state index contributed by atoms with van der Waals surface area (Å²) >= 11 is 14.2. The summed E-state index contributed by atoms with van der Waals surface area (Å²) in [4.78, 5) is 0. The molecule has 0 amide bonds. The summed E-state index contributed by atoms with van der Waals surface area (Å²) in [6, 6.07) is 0. The molecule has 4 heteroatoms. The van der Waals surface area contributed by atoms with Gasteiger partial charge in [-0.15, -0.1) is 0 Å². The van der Waals surface area contributed by atoms with Gasteiger partial charge in [-0.25, -0.2) is 0 Å². The van der Waals surface area contributed by atoms with Crippen molar-refractivity contribution in [2.75, 3.05) is 0 Å². The average molecular weight is 487 g/mol. The van der Waals surface area contributed by atoms with Crippen LogP contribution in [0.25, 0.3) is 0 Å². The van der Waals surface area contributed by atoms with Gasteiger partial charge in [0.25, 0.3) is 0 Å². The van der Waals surface area contributed by atoms with Gasteiger partial charge < -0.3 is 0 Å². The molecule has 42 valence electrons. The first-order valence-electron chi connectivity index (χ1n) is 1.79. The Morgan fingerprint density at radius 2 is 1.12 bits per heavy atom. The first-order valence-corrected chi connectivity index (χ1v) is 5.48. The molecule has 0 heterocycles. The average Bonchev–Trinajstić information content (AvgIpc) is 1.83. The van der Waals surface area contributed by atoms with Crippen LogP contribution in [0.4, 0.5) is 0 Å². The van der Waals surface area contributed by atoms with Crippen molar-refractivity contribution >= 4 is 23.2 Å². The van der Waals surface area contributed by atoms with Gasteiger partial charge in [-0.3, -0.25) is 0 Å². The van der Waals surface area contributed by atoms with Crippen LogP contribution in [0.3, 0.4) is 0 Å². The molecular weight excluding hydrogens is 487 g/mol. The van der Waals surface area contributed by atoms with Crippen molar-refractivity contribution in [2.45, 2.75) is 0 Å². The molecule has 0 unspecified atom stereocenters. The van der Waals surface area contributed by atoms with Crippen molar-refractivity contribution in [3.63, 3.8) is 0 Å². The van der Waals surface area contributed by atoms with Gasteiger partial charge in [0.15, 0.2) is 0 Å². The molecule has 0 saturated heterocycles. The van der Waals surface area contributed by atoms with Gasteiger partial charge >= 0.3 is 79.0 Å². The van der Waals surface area contributed by atoms with Crippen LogP contribution in [-0.4, -0.2) is 0 Å². The molecule has 0 bridgehead atoms. The fraction of sp³-hybridized carbons (Fsp3) is 0. The van der Waals surface area contributed by atoms with Crippen molar-refractivity contribution < 1.29 is 38.7 Å². The quantitative estimate of drug-likeness (QED) is 0.527. The summed E-state index contributed by atoms with van der Waals surface area (Å²) in [6.45, 7) is 0. The van der Waals surface area contributed by atoms with Gasteiger partial charge in [0.2, 0.25) is 0 Å². The molecule has 8 heavy (non-hydrogen) atoms. The van der Waals surface area contributed by atoms with Crippen LogP contribution in [0.2, 0.25) is 10.0 Å². The van der Waals surface area contributed by atoms with Crippen molar-refractivity contribution in [2.24, 2.45) is 0 Å². The molecule has 0 radical (unpaired) electrons. The van der Waals surface area contributed by atoms with Crippen LogP contribution in [0, 0.1) is 7.09 Å². The standard InChI is InChI=1S/C4Cl2.2W/c5-3-1-2-4(3)6;;. The molecule has 0 spiro atoms. The van der Waals surface area contributed by atoms with Gasteiger partial charge in [0, 0.05) is 0 Å². The third-order valence-corrected chi connectivity index (χ3v) is 7.50. The van der Waals surface area contributed by atoms with Crippen molar-refractivity contribution in [3.8, 4) is 0 Å². The molecule has 1 rings (SSSR count). The number of halogens is 2. The Kier molecular flexibility index (Phi) is 2.44. The maximum absolute atomic E-state index is 5.67. The van der Waals surface area contributed by atoms with Gasteiger partial charge in [-0.2, -0.15) is 0 Å². The molecule has 0 aliphatic heterocycles. The van der Waals surface area contributed by atoms with Gasteiger partial charge in [0.1, 0.15) is 0 Å². The summed E-state index contributed by atoms with van der Waals surface area (Å²) < 4.78 is 2.48. The maximum atomic E-state index is 5.67. The van der Waals surface area contributed by atoms with Crippen LogP contribution in [0.15, 0.2) is 0 Å². The zero-order valence-electron chi connectivity index (χ0n) is 3.57. The van der Waals surface area contributed by atoms with Crippen molar-refractivity contribution in [1.29, 1.82) is 0 Å². The summed E-state index contributed by atoms with van der Waals surface area (Å²) in [5.41, 5.74) is 0. The minimum absolute atomic E-state index is 0.784. The second-order valence-electron chi connectivity index (χ2n) is 1.29. The van der Waals surface area contributed by atoms with E-state index in [4.69, 9.17) is 23.2 Å². The topological polar surface area (TPSA) is 0 Å². The van der Waals surface area contributed by atoms with Crippen LogP contribution in [0.1, 0.15) is 0 Å². The molecule has 0 aliphatic carbocycles. The zero-order valence-corrected chi connectivity index (χ0v) is 11.0. The van der Waals surface area contributed by atoms with E-state index in [1.54, 1.807) is 0 Å². The summed E-state index contributed by atoms with van der Waals surface area (Å²) in [5, 5.41) is 1.57. The molecule has 0 saturated carbocycles. The monoisotopic (exact) mass is 486 g/mol. The second kappa shape index (κ2) is 2.58. The van der Waals surface area contributed by atoms with E-state index in [0.29, 0.717) is 0 Å². The molecule has 0 aliphatic rings. The number of hydrogen-bond donors (Lipinski definition) is 0. The SMILES string of the molecule is Clc1c(Cl)[c](=[W])[c]1=[W]. The fourth-order valence-electron chi connectivity index (χ4n) is 0.336. The van der Waals surface area contributed by atoms with E-state index in [9.17, 15) is 0 Å². The Morgan fingerprint density at radius 3 is 1.25 bits per heavy atom. The first kappa shape index (κ1) is 7.54. The normalized spacial score (nSPS) is 10.2. The summed E-state index contributed by atoms with van der Waals surface area (Å²) in [6.07, 6.45) is 0. The van der Waals surface area contributed by atoms with Gasteiger partial charge in [-0.05, 0) is 0 Å². The predicted octanol–water partition coefficient (Wildman–Crippen LogP) is 2.03. The predicted molar refractivity (Wildman–Crippen MR) is 25.3 cm³/mol. The Balaban J connectivity index is 3.48. The second-order valence-corrected chi connectivity index (χ2v) is 4.98. The third kappa shape index (κ3) is 1.01. The molecule has 1 aromatic carbocycles. The van der Waals surface area contributed by atoms with Crippen LogP contribution in [0.5, 0.6) is 0 Å². The van der Waals surface area contributed by atoms with E-state index in [2.05, 4.69) is 0 Å². The Bertz CT molecular complexity index is 252. The molecule has 0 fully saturated rings. The molecule has 0 atom stereocenters. The van der Waals surface area contributed by atoms with Crippen molar-refractivity contribution in [1.82, 2.24) is 0 Å². The van der Waals surface area contributed by atoms with Crippen molar-refractivity contribution in [3.05, 3.63) is 17.1 Å². The summed E-state index contributed by atoms with van der Waals surface area (Å²) in [5.74, 6) is 0. The number of hydrogen-bond acceptors (Lipinski definition) is 0. The Labute approximate surface area is 78.3 Å². The third-order valence-electron chi connectivity index (χ3n) is 0.798. The van der Waals surface area contributed by atoms with E-state index in [-0.39, 0.29) is 0 Å². The molecule has 0 aromatic heterocycles. The molecule has 0 nitrogen and oxygen atoms in total. The fourth-order valence-corrected chi connectivity index (χ4v) is 3.08. The van der Waals surface area contributed by atoms with Crippen LogP contribution < -0.4 is 0 Å². The molecule has 1 aromatic rings. The molecular formula is C4Cl2W2. The Morgan fingerprint density at radius 1 is 0.875 bits per heavy atom. The van der Waals surface area contributed by atoms with Crippen LogP contribution in [-0.2, 0) is 38.7 Å². The summed E-state index contributed by atoms with van der Waals surface area (Å²) in [7, 11) is 0. The van der Waals surface area contributed by atoms with Crippen LogP contribution >= 0.6 is 23.2 Å². The zero-order chi connectivity index (χ0) is 6.31. The van der Waals surface area contributed by atoms with Gasteiger partial charge in [-0.1, -0.05) is 0 Å². The minimum atomic E-state index is 0.784.